The van der Waals surface area contributed by atoms with Crippen molar-refractivity contribution in [3.8, 4) is 0 Å². The zero-order chi connectivity index (χ0) is 17.2. The third kappa shape index (κ3) is 3.35. The average molecular weight is 355 g/mol. The smallest absolute Gasteiger partial charge is 0.257 e. The van der Waals surface area contributed by atoms with Gasteiger partial charge in [-0.1, -0.05) is 42.1 Å². The number of nitrogens with zero attached hydrogens (tertiary/aromatic N) is 2. The van der Waals surface area contributed by atoms with Gasteiger partial charge in [0.25, 0.3) is 5.56 Å². The number of nitrogens with one attached hydrogen (secondary N) is 1. The number of hydrogen-bond acceptors (Lipinski definition) is 4. The first-order valence-electron chi connectivity index (χ1n) is 8.80. The maximum atomic E-state index is 12.7. The van der Waals surface area contributed by atoms with Crippen LogP contribution in [0.1, 0.15) is 35.7 Å². The van der Waals surface area contributed by atoms with E-state index in [1.807, 2.05) is 18.2 Å². The minimum atomic E-state index is -0.0809. The molecule has 1 N–H and O–H groups in total. The molecule has 4 rings (SSSR count). The van der Waals surface area contributed by atoms with Crippen LogP contribution in [0.25, 0.3) is 0 Å². The normalized spacial score (nSPS) is 18.0. The Kier molecular flexibility index (Phi) is 4.61. The van der Waals surface area contributed by atoms with Gasteiger partial charge in [0.2, 0.25) is 5.91 Å². The molecular weight excluding hydrogens is 334 g/mol. The molecule has 2 aliphatic rings. The van der Waals surface area contributed by atoms with Crippen LogP contribution in [0.3, 0.4) is 0 Å². The van der Waals surface area contributed by atoms with Gasteiger partial charge in [0.1, 0.15) is 0 Å². The fourth-order valence-corrected chi connectivity index (χ4v) is 4.73. The van der Waals surface area contributed by atoms with Gasteiger partial charge in [0, 0.05) is 24.3 Å². The molecule has 130 valence electrons. The number of amides is 1. The predicted molar refractivity (Wildman–Crippen MR) is 98.1 cm³/mol. The second kappa shape index (κ2) is 7.04. The van der Waals surface area contributed by atoms with Crippen molar-refractivity contribution in [3.63, 3.8) is 0 Å². The van der Waals surface area contributed by atoms with E-state index in [-0.39, 0.29) is 17.5 Å². The van der Waals surface area contributed by atoms with Crippen molar-refractivity contribution < 1.29 is 4.79 Å². The quantitative estimate of drug-likeness (QED) is 0.835. The summed E-state index contributed by atoms with van der Waals surface area (Å²) in [6.07, 6.45) is 3.90. The number of thioether (sulfide) groups is 1. The van der Waals surface area contributed by atoms with Crippen molar-refractivity contribution in [1.29, 1.82) is 0 Å². The number of benzene rings is 1. The van der Waals surface area contributed by atoms with E-state index < -0.39 is 0 Å². The number of hydrogen-bond donors (Lipinski definition) is 1. The van der Waals surface area contributed by atoms with E-state index in [0.29, 0.717) is 13.0 Å². The molecule has 1 aliphatic heterocycles. The van der Waals surface area contributed by atoms with Crippen LogP contribution in [0.2, 0.25) is 0 Å². The molecule has 0 radical (unpaired) electrons. The van der Waals surface area contributed by atoms with Crippen molar-refractivity contribution in [2.45, 2.75) is 43.3 Å². The summed E-state index contributed by atoms with van der Waals surface area (Å²) in [4.78, 5) is 29.7. The van der Waals surface area contributed by atoms with Crippen LogP contribution in [-0.4, -0.2) is 27.8 Å². The molecule has 0 bridgehead atoms. The first kappa shape index (κ1) is 16.4. The molecule has 1 aromatic carbocycles. The summed E-state index contributed by atoms with van der Waals surface area (Å²) in [6.45, 7) is 0.618. The monoisotopic (exact) mass is 355 g/mol. The molecule has 25 heavy (non-hydrogen) atoms. The summed E-state index contributed by atoms with van der Waals surface area (Å²) in [7, 11) is 0. The Morgan fingerprint density at radius 3 is 2.96 bits per heavy atom. The summed E-state index contributed by atoms with van der Waals surface area (Å²) in [5.74, 6) is 0.749. The van der Waals surface area contributed by atoms with E-state index in [9.17, 15) is 9.59 Å². The fraction of sp³-hybridized carbons (Fsp3) is 0.421. The molecule has 1 aromatic heterocycles. The highest BCUT2D eigenvalue weighted by atomic mass is 32.2. The fourth-order valence-electron chi connectivity index (χ4n) is 3.58. The maximum absolute atomic E-state index is 12.7. The standard InChI is InChI=1S/C19H21N3O2S/c23-17(20-10-9-13-5-2-1-3-6-13)11-14-12-25-19-21-16-8-4-7-15(16)18(24)22(14)19/h1-3,5-6,14H,4,7-12H2,(H,20,23). The summed E-state index contributed by atoms with van der Waals surface area (Å²) < 4.78 is 1.76. The van der Waals surface area contributed by atoms with Crippen molar-refractivity contribution in [2.75, 3.05) is 12.3 Å². The number of aryl methyl sites for hydroxylation is 1. The SMILES string of the molecule is O=C(CC1CSc2nc3c(c(=O)n21)CCC3)NCCc1ccccc1. The van der Waals surface area contributed by atoms with Gasteiger partial charge in [-0.2, -0.15) is 0 Å². The highest BCUT2D eigenvalue weighted by Gasteiger charge is 2.30. The lowest BCUT2D eigenvalue weighted by atomic mass is 10.1. The highest BCUT2D eigenvalue weighted by molar-refractivity contribution is 7.99. The number of fused-ring (bicyclic) bond motifs is 2. The molecule has 1 atom stereocenters. The second-order valence-electron chi connectivity index (χ2n) is 6.60. The summed E-state index contributed by atoms with van der Waals surface area (Å²) in [5, 5.41) is 3.76. The number of aromatic nitrogens is 2. The lowest BCUT2D eigenvalue weighted by Crippen LogP contribution is -2.32. The molecule has 2 heterocycles. The molecule has 0 saturated heterocycles. The molecule has 0 spiro atoms. The highest BCUT2D eigenvalue weighted by Crippen LogP contribution is 2.33. The third-order valence-corrected chi connectivity index (χ3v) is 5.97. The van der Waals surface area contributed by atoms with Gasteiger partial charge in [-0.05, 0) is 31.2 Å². The van der Waals surface area contributed by atoms with Gasteiger partial charge in [-0.3, -0.25) is 14.2 Å². The Morgan fingerprint density at radius 1 is 1.28 bits per heavy atom. The van der Waals surface area contributed by atoms with E-state index >= 15 is 0 Å². The average Bonchev–Trinajstić information content (AvgIpc) is 3.24. The molecule has 6 heteroatoms. The number of rotatable bonds is 5. The summed E-state index contributed by atoms with van der Waals surface area (Å²) in [6, 6.07) is 10.0. The summed E-state index contributed by atoms with van der Waals surface area (Å²) in [5.41, 5.74) is 3.11. The van der Waals surface area contributed by atoms with Crippen LogP contribution in [0.4, 0.5) is 0 Å². The van der Waals surface area contributed by atoms with E-state index in [1.165, 1.54) is 5.56 Å². The Labute approximate surface area is 150 Å². The van der Waals surface area contributed by atoms with Crippen LogP contribution >= 0.6 is 11.8 Å². The molecule has 2 aromatic rings. The zero-order valence-electron chi connectivity index (χ0n) is 14.0. The molecule has 5 nitrogen and oxygen atoms in total. The minimum Gasteiger partial charge on any atom is -0.356 e. The van der Waals surface area contributed by atoms with E-state index in [1.54, 1.807) is 16.3 Å². The molecular formula is C19H21N3O2S. The molecule has 1 aliphatic carbocycles. The van der Waals surface area contributed by atoms with E-state index in [4.69, 9.17) is 0 Å². The van der Waals surface area contributed by atoms with Crippen LogP contribution < -0.4 is 10.9 Å². The Balaban J connectivity index is 1.38. The molecule has 1 amide bonds. The van der Waals surface area contributed by atoms with Crippen molar-refractivity contribution in [2.24, 2.45) is 0 Å². The minimum absolute atomic E-state index is 0.00165. The number of carbonyl (C=O) groups is 1. The van der Waals surface area contributed by atoms with Gasteiger partial charge < -0.3 is 5.32 Å². The van der Waals surface area contributed by atoms with Gasteiger partial charge in [-0.15, -0.1) is 0 Å². The lowest BCUT2D eigenvalue weighted by Gasteiger charge is -2.14. The van der Waals surface area contributed by atoms with Crippen molar-refractivity contribution >= 4 is 17.7 Å². The third-order valence-electron chi connectivity index (χ3n) is 4.87. The van der Waals surface area contributed by atoms with Crippen LogP contribution in [0.15, 0.2) is 40.3 Å². The van der Waals surface area contributed by atoms with Crippen molar-refractivity contribution in [1.82, 2.24) is 14.9 Å². The van der Waals surface area contributed by atoms with Crippen LogP contribution in [0.5, 0.6) is 0 Å². The van der Waals surface area contributed by atoms with Gasteiger partial charge in [0.05, 0.1) is 11.7 Å². The first-order chi connectivity index (χ1) is 12.2. The largest absolute Gasteiger partial charge is 0.356 e. The summed E-state index contributed by atoms with van der Waals surface area (Å²) >= 11 is 1.59. The van der Waals surface area contributed by atoms with Crippen molar-refractivity contribution in [3.05, 3.63) is 57.5 Å². The van der Waals surface area contributed by atoms with Gasteiger partial charge in [-0.25, -0.2) is 4.98 Å². The lowest BCUT2D eigenvalue weighted by molar-refractivity contribution is -0.121. The molecule has 0 fully saturated rings. The van der Waals surface area contributed by atoms with Crippen LogP contribution in [0, 0.1) is 0 Å². The molecule has 0 saturated carbocycles. The van der Waals surface area contributed by atoms with E-state index in [2.05, 4.69) is 22.4 Å². The Hall–Kier alpha value is -2.08. The topological polar surface area (TPSA) is 64.0 Å². The zero-order valence-corrected chi connectivity index (χ0v) is 14.8. The Morgan fingerprint density at radius 2 is 2.12 bits per heavy atom. The molecule has 1 unspecified atom stereocenters. The number of carbonyl (C=O) groups excluding carboxylic acids is 1. The second-order valence-corrected chi connectivity index (χ2v) is 7.59. The first-order valence-corrected chi connectivity index (χ1v) is 9.78. The van der Waals surface area contributed by atoms with E-state index in [0.717, 1.165) is 47.8 Å². The Bertz CT molecular complexity index is 848. The predicted octanol–water partition coefficient (Wildman–Crippen LogP) is 2.13. The van der Waals surface area contributed by atoms with Crippen LogP contribution in [-0.2, 0) is 24.1 Å². The maximum Gasteiger partial charge on any atom is 0.257 e. The van der Waals surface area contributed by atoms with Gasteiger partial charge >= 0.3 is 0 Å². The van der Waals surface area contributed by atoms with Gasteiger partial charge in [0.15, 0.2) is 5.16 Å².